The van der Waals surface area contributed by atoms with Gasteiger partial charge in [0.2, 0.25) is 6.29 Å². The Kier molecular flexibility index (Phi) is 3.02. The van der Waals surface area contributed by atoms with Crippen LogP contribution in [0.15, 0.2) is 0 Å². The van der Waals surface area contributed by atoms with Gasteiger partial charge in [-0.25, -0.2) is 0 Å². The third-order valence-corrected chi connectivity index (χ3v) is 1.68. The van der Waals surface area contributed by atoms with Crippen molar-refractivity contribution in [3.05, 3.63) is 0 Å². The Balaban J connectivity index is 2.33. The van der Waals surface area contributed by atoms with Crippen LogP contribution in [0.5, 0.6) is 0 Å². The van der Waals surface area contributed by atoms with Crippen LogP contribution in [0.25, 0.3) is 0 Å². The predicted octanol–water partition coefficient (Wildman–Crippen LogP) is 0.974. The van der Waals surface area contributed by atoms with E-state index in [2.05, 4.69) is 0 Å². The molecule has 1 heterocycles. The average Bonchev–Trinajstić information content (AvgIpc) is 2.05. The van der Waals surface area contributed by atoms with E-state index in [4.69, 9.17) is 9.47 Å². The average molecular weight is 158 g/mol. The van der Waals surface area contributed by atoms with Gasteiger partial charge in [0.05, 0.1) is 13.2 Å². The highest BCUT2D eigenvalue weighted by Crippen LogP contribution is 2.11. The third-order valence-electron chi connectivity index (χ3n) is 1.68. The minimum atomic E-state index is -0.587. The molecule has 0 aromatic carbocycles. The van der Waals surface area contributed by atoms with E-state index < -0.39 is 6.29 Å². The molecule has 3 nitrogen and oxygen atoms in total. The zero-order valence-electron chi connectivity index (χ0n) is 7.00. The van der Waals surface area contributed by atoms with Gasteiger partial charge >= 0.3 is 0 Å². The number of hydrogen-bond donors (Lipinski definition) is 0. The Hall–Kier alpha value is -0.410. The summed E-state index contributed by atoms with van der Waals surface area (Å²) in [6.07, 6.45) is -0.102. The first kappa shape index (κ1) is 8.68. The topological polar surface area (TPSA) is 35.5 Å². The molecule has 0 radical (unpaired) electrons. The lowest BCUT2D eigenvalue weighted by Gasteiger charge is -2.25. The van der Waals surface area contributed by atoms with Gasteiger partial charge in [0.25, 0.3) is 0 Å². The molecule has 1 saturated heterocycles. The molecule has 0 aromatic rings. The van der Waals surface area contributed by atoms with E-state index in [1.54, 1.807) is 0 Å². The summed E-state index contributed by atoms with van der Waals surface area (Å²) < 4.78 is 10.3. The standard InChI is InChI=1S/C8H14O3/c1-3-7(9)8-10-4-6(2)5-11-8/h6,8H,3-5H2,1-2H3. The lowest BCUT2D eigenvalue weighted by molar-refractivity contribution is -0.200. The first-order valence-corrected chi connectivity index (χ1v) is 4.00. The maximum atomic E-state index is 11.0. The quantitative estimate of drug-likeness (QED) is 0.600. The van der Waals surface area contributed by atoms with E-state index in [-0.39, 0.29) is 5.78 Å². The molecule has 64 valence electrons. The van der Waals surface area contributed by atoms with E-state index in [1.807, 2.05) is 13.8 Å². The van der Waals surface area contributed by atoms with E-state index in [0.717, 1.165) is 0 Å². The first-order chi connectivity index (χ1) is 5.24. The van der Waals surface area contributed by atoms with Crippen molar-refractivity contribution in [1.29, 1.82) is 0 Å². The summed E-state index contributed by atoms with van der Waals surface area (Å²) in [5.74, 6) is 0.452. The van der Waals surface area contributed by atoms with Gasteiger partial charge in [0.15, 0.2) is 5.78 Å². The molecule has 0 unspecified atom stereocenters. The van der Waals surface area contributed by atoms with Crippen molar-refractivity contribution in [1.82, 2.24) is 0 Å². The van der Waals surface area contributed by atoms with Gasteiger partial charge in [-0.15, -0.1) is 0 Å². The minimum Gasteiger partial charge on any atom is -0.346 e. The van der Waals surface area contributed by atoms with Crippen LogP contribution in [0, 0.1) is 5.92 Å². The summed E-state index contributed by atoms with van der Waals surface area (Å²) in [5.41, 5.74) is 0. The number of rotatable bonds is 2. The number of ether oxygens (including phenoxy) is 2. The Labute approximate surface area is 66.7 Å². The normalized spacial score (nSPS) is 31.8. The molecule has 0 spiro atoms. The monoisotopic (exact) mass is 158 g/mol. The lowest BCUT2D eigenvalue weighted by atomic mass is 10.2. The Bertz CT molecular complexity index is 136. The van der Waals surface area contributed by atoms with Gasteiger partial charge < -0.3 is 9.47 Å². The summed E-state index contributed by atoms with van der Waals surface area (Å²) >= 11 is 0. The fraction of sp³-hybridized carbons (Fsp3) is 0.875. The summed E-state index contributed by atoms with van der Waals surface area (Å²) in [6, 6.07) is 0. The summed E-state index contributed by atoms with van der Waals surface area (Å²) in [4.78, 5) is 11.0. The van der Waals surface area contributed by atoms with Gasteiger partial charge in [-0.2, -0.15) is 0 Å². The van der Waals surface area contributed by atoms with Gasteiger partial charge in [0.1, 0.15) is 0 Å². The predicted molar refractivity (Wildman–Crippen MR) is 40.2 cm³/mol. The zero-order valence-corrected chi connectivity index (χ0v) is 7.00. The second-order valence-electron chi connectivity index (χ2n) is 2.92. The van der Waals surface area contributed by atoms with Crippen LogP contribution in [0.2, 0.25) is 0 Å². The van der Waals surface area contributed by atoms with E-state index in [1.165, 1.54) is 0 Å². The highest BCUT2D eigenvalue weighted by atomic mass is 16.7. The van der Waals surface area contributed by atoms with Crippen LogP contribution >= 0.6 is 0 Å². The molecular formula is C8H14O3. The molecule has 0 N–H and O–H groups in total. The Morgan fingerprint density at radius 3 is 2.45 bits per heavy atom. The molecule has 0 aromatic heterocycles. The number of Topliss-reactive ketones (excluding diaryl/α,β-unsaturated/α-hetero) is 1. The van der Waals surface area contributed by atoms with Crippen molar-refractivity contribution in [3.8, 4) is 0 Å². The second-order valence-corrected chi connectivity index (χ2v) is 2.92. The van der Waals surface area contributed by atoms with Crippen molar-refractivity contribution < 1.29 is 14.3 Å². The maximum Gasteiger partial charge on any atom is 0.217 e. The molecule has 0 amide bonds. The fourth-order valence-electron chi connectivity index (χ4n) is 0.952. The number of hydrogen-bond acceptors (Lipinski definition) is 3. The van der Waals surface area contributed by atoms with E-state index in [9.17, 15) is 4.79 Å². The third kappa shape index (κ3) is 2.27. The molecule has 0 atom stereocenters. The van der Waals surface area contributed by atoms with E-state index >= 15 is 0 Å². The molecule has 0 saturated carbocycles. The number of ketones is 1. The Morgan fingerprint density at radius 1 is 1.45 bits per heavy atom. The van der Waals surface area contributed by atoms with Crippen molar-refractivity contribution in [2.45, 2.75) is 26.6 Å². The molecule has 3 heteroatoms. The molecule has 1 rings (SSSR count). The summed E-state index contributed by atoms with van der Waals surface area (Å²) in [6.45, 7) is 5.12. The molecule has 0 aliphatic carbocycles. The Morgan fingerprint density at radius 2 is 2.00 bits per heavy atom. The van der Waals surface area contributed by atoms with Crippen molar-refractivity contribution in [2.75, 3.05) is 13.2 Å². The van der Waals surface area contributed by atoms with Crippen molar-refractivity contribution in [3.63, 3.8) is 0 Å². The van der Waals surface area contributed by atoms with Crippen LogP contribution in [-0.2, 0) is 14.3 Å². The first-order valence-electron chi connectivity index (χ1n) is 4.00. The van der Waals surface area contributed by atoms with E-state index in [0.29, 0.717) is 25.6 Å². The van der Waals surface area contributed by atoms with Crippen molar-refractivity contribution in [2.24, 2.45) is 5.92 Å². The van der Waals surface area contributed by atoms with Crippen LogP contribution in [0.3, 0.4) is 0 Å². The molecular weight excluding hydrogens is 144 g/mol. The molecule has 1 aliphatic heterocycles. The lowest BCUT2D eigenvalue weighted by Crippen LogP contribution is -2.36. The smallest absolute Gasteiger partial charge is 0.217 e. The number of carbonyl (C=O) groups excluding carboxylic acids is 1. The van der Waals surface area contributed by atoms with Gasteiger partial charge in [-0.1, -0.05) is 13.8 Å². The molecule has 1 fully saturated rings. The van der Waals surface area contributed by atoms with Gasteiger partial charge in [-0.05, 0) is 0 Å². The second kappa shape index (κ2) is 3.83. The zero-order chi connectivity index (χ0) is 8.27. The molecule has 0 bridgehead atoms. The number of carbonyl (C=O) groups is 1. The summed E-state index contributed by atoms with van der Waals surface area (Å²) in [7, 11) is 0. The highest BCUT2D eigenvalue weighted by molar-refractivity contribution is 5.81. The largest absolute Gasteiger partial charge is 0.346 e. The summed E-state index contributed by atoms with van der Waals surface area (Å²) in [5, 5.41) is 0. The fourth-order valence-corrected chi connectivity index (χ4v) is 0.952. The minimum absolute atomic E-state index is 0.0388. The van der Waals surface area contributed by atoms with Crippen LogP contribution < -0.4 is 0 Å². The van der Waals surface area contributed by atoms with Crippen LogP contribution in [-0.4, -0.2) is 25.3 Å². The van der Waals surface area contributed by atoms with Gasteiger partial charge in [-0.3, -0.25) is 4.79 Å². The van der Waals surface area contributed by atoms with Crippen molar-refractivity contribution >= 4 is 5.78 Å². The van der Waals surface area contributed by atoms with Gasteiger partial charge in [0, 0.05) is 12.3 Å². The maximum absolute atomic E-state index is 11.0. The molecule has 11 heavy (non-hydrogen) atoms. The van der Waals surface area contributed by atoms with Crippen LogP contribution in [0.4, 0.5) is 0 Å². The van der Waals surface area contributed by atoms with Crippen LogP contribution in [0.1, 0.15) is 20.3 Å². The molecule has 1 aliphatic rings. The highest BCUT2D eigenvalue weighted by Gasteiger charge is 2.23. The SMILES string of the molecule is CCC(=O)C1OCC(C)CO1.